The van der Waals surface area contributed by atoms with Gasteiger partial charge in [0.1, 0.15) is 5.75 Å². The molecule has 1 aromatic carbocycles. The number of para-hydroxylation sites is 1. The highest BCUT2D eigenvalue weighted by atomic mass is 16.5. The Kier molecular flexibility index (Phi) is 5.86. The molecule has 0 saturated carbocycles. The molecular weight excluding hydrogens is 250 g/mol. The van der Waals surface area contributed by atoms with E-state index >= 15 is 0 Å². The Morgan fingerprint density at radius 2 is 2.20 bits per heavy atom. The lowest BCUT2D eigenvalue weighted by molar-refractivity contribution is -0.00475. The van der Waals surface area contributed by atoms with Crippen LogP contribution in [-0.2, 0) is 4.74 Å². The van der Waals surface area contributed by atoms with E-state index in [4.69, 9.17) is 9.47 Å². The second kappa shape index (κ2) is 7.65. The summed E-state index contributed by atoms with van der Waals surface area (Å²) in [6.07, 6.45) is 5.00. The quantitative estimate of drug-likeness (QED) is 0.860. The summed E-state index contributed by atoms with van der Waals surface area (Å²) in [5.41, 5.74) is 1.23. The summed E-state index contributed by atoms with van der Waals surface area (Å²) in [5.74, 6) is 0.963. The van der Waals surface area contributed by atoms with E-state index in [-0.39, 0.29) is 0 Å². The Labute approximate surface area is 122 Å². The zero-order chi connectivity index (χ0) is 14.4. The molecule has 0 spiro atoms. The summed E-state index contributed by atoms with van der Waals surface area (Å²) in [5, 5.41) is 3.74. The maximum absolute atomic E-state index is 5.82. The summed E-state index contributed by atoms with van der Waals surface area (Å²) in [6, 6.07) is 9.09. The van der Waals surface area contributed by atoms with Gasteiger partial charge in [-0.2, -0.15) is 0 Å². The van der Waals surface area contributed by atoms with E-state index in [0.717, 1.165) is 25.2 Å². The molecule has 1 heterocycles. The van der Waals surface area contributed by atoms with Gasteiger partial charge in [-0.05, 0) is 32.3 Å². The van der Waals surface area contributed by atoms with Crippen LogP contribution in [0.1, 0.15) is 51.1 Å². The standard InChI is InChI=1S/C17H27NO2/c1-4-7-15-12-14(10-11-20-15)18-13(2)16-8-5-6-9-17(16)19-3/h5-6,8-9,13-15,18H,4,7,10-12H2,1-3H3/t13-,14?,15?/m1/s1. The van der Waals surface area contributed by atoms with Crippen LogP contribution in [0.2, 0.25) is 0 Å². The molecule has 3 heteroatoms. The average molecular weight is 277 g/mol. The van der Waals surface area contributed by atoms with Gasteiger partial charge in [-0.1, -0.05) is 31.5 Å². The molecule has 1 fully saturated rings. The first-order valence-electron chi connectivity index (χ1n) is 7.75. The van der Waals surface area contributed by atoms with Crippen LogP contribution in [0.3, 0.4) is 0 Å². The summed E-state index contributed by atoms with van der Waals surface area (Å²) in [4.78, 5) is 0. The zero-order valence-electron chi connectivity index (χ0n) is 12.9. The van der Waals surface area contributed by atoms with E-state index in [2.05, 4.69) is 31.3 Å². The lowest BCUT2D eigenvalue weighted by Crippen LogP contribution is -2.40. The van der Waals surface area contributed by atoms with Crippen LogP contribution in [0.4, 0.5) is 0 Å². The predicted molar refractivity (Wildman–Crippen MR) is 82.2 cm³/mol. The predicted octanol–water partition coefficient (Wildman–Crippen LogP) is 3.69. The molecule has 3 nitrogen and oxygen atoms in total. The van der Waals surface area contributed by atoms with Crippen molar-refractivity contribution in [3.8, 4) is 5.75 Å². The molecule has 0 radical (unpaired) electrons. The fourth-order valence-electron chi connectivity index (χ4n) is 3.02. The van der Waals surface area contributed by atoms with E-state index in [1.165, 1.54) is 18.4 Å². The second-order valence-corrected chi connectivity index (χ2v) is 5.63. The third-order valence-electron chi connectivity index (χ3n) is 4.07. The van der Waals surface area contributed by atoms with E-state index < -0.39 is 0 Å². The summed E-state index contributed by atoms with van der Waals surface area (Å²) in [7, 11) is 1.73. The first-order chi connectivity index (χ1) is 9.74. The van der Waals surface area contributed by atoms with E-state index in [1.807, 2.05) is 12.1 Å². The minimum Gasteiger partial charge on any atom is -0.496 e. The highest BCUT2D eigenvalue weighted by molar-refractivity contribution is 5.35. The fraction of sp³-hybridized carbons (Fsp3) is 0.647. The van der Waals surface area contributed by atoms with Gasteiger partial charge < -0.3 is 14.8 Å². The van der Waals surface area contributed by atoms with Gasteiger partial charge in [0, 0.05) is 24.3 Å². The van der Waals surface area contributed by atoms with E-state index in [1.54, 1.807) is 7.11 Å². The largest absolute Gasteiger partial charge is 0.496 e. The number of nitrogens with one attached hydrogen (secondary N) is 1. The van der Waals surface area contributed by atoms with E-state index in [9.17, 15) is 0 Å². The number of methoxy groups -OCH3 is 1. The fourth-order valence-corrected chi connectivity index (χ4v) is 3.02. The summed E-state index contributed by atoms with van der Waals surface area (Å²) < 4.78 is 11.3. The van der Waals surface area contributed by atoms with Crippen LogP contribution in [0, 0.1) is 0 Å². The van der Waals surface area contributed by atoms with Crippen molar-refractivity contribution in [2.24, 2.45) is 0 Å². The monoisotopic (exact) mass is 277 g/mol. The maximum Gasteiger partial charge on any atom is 0.123 e. The van der Waals surface area contributed by atoms with Crippen LogP contribution in [0.25, 0.3) is 0 Å². The highest BCUT2D eigenvalue weighted by Gasteiger charge is 2.24. The third kappa shape index (κ3) is 3.97. The number of ether oxygens (including phenoxy) is 2. The van der Waals surface area contributed by atoms with Crippen molar-refractivity contribution in [2.45, 2.75) is 57.7 Å². The molecule has 112 valence electrons. The van der Waals surface area contributed by atoms with Gasteiger partial charge in [0.25, 0.3) is 0 Å². The van der Waals surface area contributed by atoms with Crippen molar-refractivity contribution in [1.82, 2.24) is 5.32 Å². The molecule has 20 heavy (non-hydrogen) atoms. The van der Waals surface area contributed by atoms with Crippen molar-refractivity contribution >= 4 is 0 Å². The molecule has 0 amide bonds. The Morgan fingerprint density at radius 1 is 1.40 bits per heavy atom. The lowest BCUT2D eigenvalue weighted by Gasteiger charge is -2.32. The maximum atomic E-state index is 5.82. The molecule has 1 aromatic rings. The Morgan fingerprint density at radius 3 is 2.95 bits per heavy atom. The van der Waals surface area contributed by atoms with Crippen LogP contribution >= 0.6 is 0 Å². The van der Waals surface area contributed by atoms with E-state index in [0.29, 0.717) is 18.2 Å². The molecule has 1 N–H and O–H groups in total. The van der Waals surface area contributed by atoms with Crippen molar-refractivity contribution < 1.29 is 9.47 Å². The van der Waals surface area contributed by atoms with Crippen molar-refractivity contribution in [1.29, 1.82) is 0 Å². The summed E-state index contributed by atoms with van der Waals surface area (Å²) in [6.45, 7) is 5.31. The van der Waals surface area contributed by atoms with Gasteiger partial charge in [0.05, 0.1) is 13.2 Å². The highest BCUT2D eigenvalue weighted by Crippen LogP contribution is 2.26. The van der Waals surface area contributed by atoms with Crippen molar-refractivity contribution in [2.75, 3.05) is 13.7 Å². The van der Waals surface area contributed by atoms with Gasteiger partial charge in [-0.3, -0.25) is 0 Å². The Bertz CT molecular complexity index is 406. The van der Waals surface area contributed by atoms with Crippen molar-refractivity contribution in [3.05, 3.63) is 29.8 Å². The van der Waals surface area contributed by atoms with Crippen LogP contribution in [0.15, 0.2) is 24.3 Å². The van der Waals surface area contributed by atoms with Gasteiger partial charge in [-0.25, -0.2) is 0 Å². The molecule has 1 aliphatic rings. The molecule has 1 saturated heterocycles. The first kappa shape index (κ1) is 15.3. The molecule has 2 unspecified atom stereocenters. The number of rotatable bonds is 6. The van der Waals surface area contributed by atoms with Crippen LogP contribution in [0.5, 0.6) is 5.75 Å². The SMILES string of the molecule is CCCC1CC(N[C@H](C)c2ccccc2OC)CCO1. The van der Waals surface area contributed by atoms with Crippen LogP contribution < -0.4 is 10.1 Å². The lowest BCUT2D eigenvalue weighted by atomic mass is 9.98. The third-order valence-corrected chi connectivity index (χ3v) is 4.07. The van der Waals surface area contributed by atoms with Crippen molar-refractivity contribution in [3.63, 3.8) is 0 Å². The van der Waals surface area contributed by atoms with Gasteiger partial charge in [-0.15, -0.1) is 0 Å². The molecular formula is C17H27NO2. The number of hydrogen-bond acceptors (Lipinski definition) is 3. The zero-order valence-corrected chi connectivity index (χ0v) is 12.9. The molecule has 1 aliphatic heterocycles. The minimum atomic E-state index is 0.302. The first-order valence-corrected chi connectivity index (χ1v) is 7.75. The molecule has 0 aromatic heterocycles. The normalized spacial score (nSPS) is 24.4. The Hall–Kier alpha value is -1.06. The number of benzene rings is 1. The van der Waals surface area contributed by atoms with Gasteiger partial charge >= 0.3 is 0 Å². The van der Waals surface area contributed by atoms with Gasteiger partial charge in [0.2, 0.25) is 0 Å². The summed E-state index contributed by atoms with van der Waals surface area (Å²) >= 11 is 0. The average Bonchev–Trinajstić information content (AvgIpc) is 2.48. The molecule has 3 atom stereocenters. The Balaban J connectivity index is 1.95. The van der Waals surface area contributed by atoms with Crippen LogP contribution in [-0.4, -0.2) is 25.9 Å². The van der Waals surface area contributed by atoms with Gasteiger partial charge in [0.15, 0.2) is 0 Å². The number of hydrogen-bond donors (Lipinski definition) is 1. The molecule has 0 bridgehead atoms. The smallest absolute Gasteiger partial charge is 0.123 e. The molecule has 2 rings (SSSR count). The second-order valence-electron chi connectivity index (χ2n) is 5.63. The topological polar surface area (TPSA) is 30.5 Å². The molecule has 0 aliphatic carbocycles. The minimum absolute atomic E-state index is 0.302.